The summed E-state index contributed by atoms with van der Waals surface area (Å²) in [5.74, 6) is 0.440. The van der Waals surface area contributed by atoms with E-state index in [9.17, 15) is 9.90 Å². The molecule has 0 unspecified atom stereocenters. The number of aliphatic hydroxyl groups excluding tert-OH is 1. The maximum Gasteiger partial charge on any atom is 0.305 e. The van der Waals surface area contributed by atoms with Gasteiger partial charge in [-0.2, -0.15) is 0 Å². The smallest absolute Gasteiger partial charge is 0.305 e. The Morgan fingerprint density at radius 2 is 1.95 bits per heavy atom. The standard InChI is InChI=1S/C16H27NO4/c1-15(2)11-12(15)14(19)16(3,4)13(11)17-21-9-7-6-8-10(18)20-5/h11-12,14,19H,6-9H2,1-5H3/b17-13-/t11-,12+,14-/m0/s1. The molecule has 0 spiro atoms. The van der Waals surface area contributed by atoms with Crippen LogP contribution in [-0.4, -0.2) is 36.6 Å². The van der Waals surface area contributed by atoms with Gasteiger partial charge in [-0.25, -0.2) is 0 Å². The zero-order chi connectivity index (χ0) is 15.8. The number of methoxy groups -OCH3 is 1. The van der Waals surface area contributed by atoms with Gasteiger partial charge in [0.2, 0.25) is 0 Å². The van der Waals surface area contributed by atoms with Gasteiger partial charge in [0.05, 0.1) is 18.9 Å². The van der Waals surface area contributed by atoms with Crippen LogP contribution >= 0.6 is 0 Å². The summed E-state index contributed by atoms with van der Waals surface area (Å²) in [5, 5.41) is 14.7. The third-order valence-corrected chi connectivity index (χ3v) is 5.20. The van der Waals surface area contributed by atoms with Crippen molar-refractivity contribution in [3.8, 4) is 0 Å². The Balaban J connectivity index is 1.82. The van der Waals surface area contributed by atoms with Crippen molar-refractivity contribution >= 4 is 11.7 Å². The predicted octanol–water partition coefficient (Wildman–Crippen LogP) is 2.38. The van der Waals surface area contributed by atoms with Crippen molar-refractivity contribution in [1.29, 1.82) is 0 Å². The van der Waals surface area contributed by atoms with Gasteiger partial charge in [-0.3, -0.25) is 4.79 Å². The van der Waals surface area contributed by atoms with E-state index in [1.54, 1.807) is 0 Å². The normalized spacial score (nSPS) is 33.6. The molecule has 2 rings (SSSR count). The minimum atomic E-state index is -0.348. The molecule has 0 heterocycles. The first-order chi connectivity index (χ1) is 9.74. The Morgan fingerprint density at radius 1 is 1.29 bits per heavy atom. The molecule has 5 heteroatoms. The van der Waals surface area contributed by atoms with Crippen LogP contribution in [0.1, 0.15) is 47.0 Å². The number of oxime groups is 1. The molecule has 1 N–H and O–H groups in total. The van der Waals surface area contributed by atoms with Gasteiger partial charge < -0.3 is 14.7 Å². The van der Waals surface area contributed by atoms with Crippen LogP contribution in [0.5, 0.6) is 0 Å². The molecular formula is C16H27NO4. The summed E-state index contributed by atoms with van der Waals surface area (Å²) in [4.78, 5) is 16.4. The van der Waals surface area contributed by atoms with Gasteiger partial charge in [0.25, 0.3) is 0 Å². The van der Waals surface area contributed by atoms with Crippen LogP contribution in [0.15, 0.2) is 5.16 Å². The molecule has 0 saturated heterocycles. The molecule has 21 heavy (non-hydrogen) atoms. The van der Waals surface area contributed by atoms with Gasteiger partial charge >= 0.3 is 5.97 Å². The first-order valence-corrected chi connectivity index (χ1v) is 7.69. The van der Waals surface area contributed by atoms with Crippen LogP contribution in [0.25, 0.3) is 0 Å². The van der Waals surface area contributed by atoms with Crippen LogP contribution in [0.3, 0.4) is 0 Å². The van der Waals surface area contributed by atoms with Gasteiger partial charge in [-0.1, -0.05) is 32.9 Å². The first-order valence-electron chi connectivity index (χ1n) is 7.69. The zero-order valence-corrected chi connectivity index (χ0v) is 13.7. The molecule has 0 radical (unpaired) electrons. The van der Waals surface area contributed by atoms with E-state index in [1.165, 1.54) is 7.11 Å². The number of esters is 1. The minimum Gasteiger partial charge on any atom is -0.469 e. The third-order valence-electron chi connectivity index (χ3n) is 5.20. The highest BCUT2D eigenvalue weighted by Gasteiger charge is 2.73. The van der Waals surface area contributed by atoms with E-state index in [0.717, 1.165) is 18.6 Å². The molecule has 0 aromatic heterocycles. The number of hydrogen-bond acceptors (Lipinski definition) is 5. The maximum absolute atomic E-state index is 11.0. The average molecular weight is 297 g/mol. The zero-order valence-electron chi connectivity index (χ0n) is 13.7. The molecule has 2 aliphatic carbocycles. The Hall–Kier alpha value is -1.10. The lowest BCUT2D eigenvalue weighted by molar-refractivity contribution is -0.140. The van der Waals surface area contributed by atoms with Crippen molar-refractivity contribution in [2.45, 2.75) is 53.1 Å². The molecule has 0 aromatic rings. The Bertz CT molecular complexity index is 442. The molecule has 0 aromatic carbocycles. The third kappa shape index (κ3) is 2.80. The van der Waals surface area contributed by atoms with E-state index in [4.69, 9.17) is 4.84 Å². The van der Waals surface area contributed by atoms with E-state index in [0.29, 0.717) is 24.9 Å². The summed E-state index contributed by atoms with van der Waals surface area (Å²) < 4.78 is 4.58. The topological polar surface area (TPSA) is 68.1 Å². The highest BCUT2D eigenvalue weighted by molar-refractivity contribution is 5.98. The molecule has 5 nitrogen and oxygen atoms in total. The van der Waals surface area contributed by atoms with Gasteiger partial charge in [0.15, 0.2) is 0 Å². The van der Waals surface area contributed by atoms with E-state index < -0.39 is 0 Å². The van der Waals surface area contributed by atoms with Crippen molar-refractivity contribution in [3.05, 3.63) is 0 Å². The van der Waals surface area contributed by atoms with Crippen LogP contribution in [0.2, 0.25) is 0 Å². The van der Waals surface area contributed by atoms with Crippen LogP contribution in [0, 0.1) is 22.7 Å². The van der Waals surface area contributed by atoms with Gasteiger partial charge in [-0.05, 0) is 18.3 Å². The largest absolute Gasteiger partial charge is 0.469 e. The Kier molecular flexibility index (Phi) is 4.34. The van der Waals surface area contributed by atoms with Gasteiger partial charge in [-0.15, -0.1) is 0 Å². The lowest BCUT2D eigenvalue weighted by Crippen LogP contribution is -2.37. The predicted molar refractivity (Wildman–Crippen MR) is 79.8 cm³/mol. The first kappa shape index (κ1) is 16.3. The number of fused-ring (bicyclic) bond motifs is 1. The second-order valence-corrected chi connectivity index (χ2v) is 7.33. The Morgan fingerprint density at radius 3 is 2.52 bits per heavy atom. The highest BCUT2D eigenvalue weighted by atomic mass is 16.6. The number of rotatable bonds is 6. The van der Waals surface area contributed by atoms with Crippen molar-refractivity contribution in [3.63, 3.8) is 0 Å². The second kappa shape index (κ2) is 5.59. The van der Waals surface area contributed by atoms with Crippen LogP contribution in [-0.2, 0) is 14.4 Å². The molecule has 0 aliphatic heterocycles. The lowest BCUT2D eigenvalue weighted by atomic mass is 9.78. The number of hydrogen-bond donors (Lipinski definition) is 1. The molecule has 0 amide bonds. The van der Waals surface area contributed by atoms with E-state index in [-0.39, 0.29) is 22.9 Å². The molecule has 2 aliphatic rings. The van der Waals surface area contributed by atoms with E-state index >= 15 is 0 Å². The average Bonchev–Trinajstić information content (AvgIpc) is 2.89. The van der Waals surface area contributed by atoms with Crippen molar-refractivity contribution < 1.29 is 19.5 Å². The number of nitrogens with zero attached hydrogens (tertiary/aromatic N) is 1. The second-order valence-electron chi connectivity index (χ2n) is 7.33. The van der Waals surface area contributed by atoms with Crippen molar-refractivity contribution in [2.75, 3.05) is 13.7 Å². The van der Waals surface area contributed by atoms with E-state index in [2.05, 4.69) is 23.7 Å². The molecule has 120 valence electrons. The summed E-state index contributed by atoms with van der Waals surface area (Å²) in [7, 11) is 1.39. The monoisotopic (exact) mass is 297 g/mol. The fraction of sp³-hybridized carbons (Fsp3) is 0.875. The van der Waals surface area contributed by atoms with Gasteiger partial charge in [0.1, 0.15) is 6.61 Å². The molecular weight excluding hydrogens is 270 g/mol. The Labute approximate surface area is 126 Å². The quantitative estimate of drug-likeness (QED) is 0.464. The van der Waals surface area contributed by atoms with Crippen LogP contribution < -0.4 is 0 Å². The minimum absolute atomic E-state index is 0.127. The summed E-state index contributed by atoms with van der Waals surface area (Å²) in [6.45, 7) is 8.89. The summed E-state index contributed by atoms with van der Waals surface area (Å²) in [6.07, 6.45) is 1.57. The van der Waals surface area contributed by atoms with Crippen molar-refractivity contribution in [1.82, 2.24) is 0 Å². The summed E-state index contributed by atoms with van der Waals surface area (Å²) in [6, 6.07) is 0. The van der Waals surface area contributed by atoms with E-state index in [1.807, 2.05) is 13.8 Å². The fourth-order valence-electron chi connectivity index (χ4n) is 3.62. The summed E-state index contributed by atoms with van der Waals surface area (Å²) in [5.41, 5.74) is 0.803. The number of carbonyl (C=O) groups excluding carboxylic acids is 1. The van der Waals surface area contributed by atoms with Crippen molar-refractivity contribution in [2.24, 2.45) is 27.8 Å². The number of aliphatic hydroxyl groups is 1. The highest BCUT2D eigenvalue weighted by Crippen LogP contribution is 2.69. The molecule has 0 bridgehead atoms. The number of carbonyl (C=O) groups is 1. The van der Waals surface area contributed by atoms with Gasteiger partial charge in [0, 0.05) is 23.7 Å². The van der Waals surface area contributed by atoms with Crippen LogP contribution in [0.4, 0.5) is 0 Å². The lowest BCUT2D eigenvalue weighted by Gasteiger charge is -2.30. The number of ether oxygens (including phenoxy) is 1. The fourth-order valence-corrected chi connectivity index (χ4v) is 3.62. The molecule has 2 fully saturated rings. The summed E-state index contributed by atoms with van der Waals surface area (Å²) >= 11 is 0. The molecule has 2 saturated carbocycles. The SMILES string of the molecule is COC(=O)CCCCO/N=C1/[C@@H]2[C@H]([C@H](O)C1(C)C)C2(C)C. The maximum atomic E-state index is 11.0. The molecule has 3 atom stereocenters. The number of unbranched alkanes of at least 4 members (excludes halogenated alkanes) is 1.